The van der Waals surface area contributed by atoms with E-state index in [-0.39, 0.29) is 11.9 Å². The van der Waals surface area contributed by atoms with Gasteiger partial charge in [-0.05, 0) is 24.7 Å². The maximum absolute atomic E-state index is 12.4. The summed E-state index contributed by atoms with van der Waals surface area (Å²) >= 11 is 0. The fourth-order valence-corrected chi connectivity index (χ4v) is 3.36. The van der Waals surface area contributed by atoms with Crippen molar-refractivity contribution in [3.63, 3.8) is 0 Å². The summed E-state index contributed by atoms with van der Waals surface area (Å²) in [7, 11) is 3.56. The molecule has 0 aliphatic carbocycles. The number of hydrogen-bond acceptors (Lipinski definition) is 6. The maximum atomic E-state index is 12.4. The smallest absolute Gasteiger partial charge is 0.313 e. The number of nitrogens with zero attached hydrogens (tertiary/aromatic N) is 3. The van der Waals surface area contributed by atoms with Crippen LogP contribution in [0.2, 0.25) is 0 Å². The highest BCUT2D eigenvalue weighted by molar-refractivity contribution is 6.39. The van der Waals surface area contributed by atoms with Gasteiger partial charge in [-0.3, -0.25) is 14.5 Å². The summed E-state index contributed by atoms with van der Waals surface area (Å²) in [4.78, 5) is 33.4. The number of carbonyl (C=O) groups is 2. The quantitative estimate of drug-likeness (QED) is 0.711. The number of nitrogens with one attached hydrogen (secondary N) is 2. The molecule has 0 bridgehead atoms. The van der Waals surface area contributed by atoms with Crippen molar-refractivity contribution in [3.8, 4) is 5.88 Å². The van der Waals surface area contributed by atoms with E-state index < -0.39 is 11.8 Å². The third kappa shape index (κ3) is 5.52. The minimum atomic E-state index is -0.749. The van der Waals surface area contributed by atoms with Crippen LogP contribution in [0.3, 0.4) is 0 Å². The molecule has 0 radical (unpaired) electrons. The molecule has 3 rings (SSSR count). The minimum absolute atomic E-state index is 0.00887. The summed E-state index contributed by atoms with van der Waals surface area (Å²) in [5.41, 5.74) is 1.47. The van der Waals surface area contributed by atoms with E-state index in [0.717, 1.165) is 31.7 Å². The highest BCUT2D eigenvalue weighted by Gasteiger charge is 2.25. The zero-order valence-corrected chi connectivity index (χ0v) is 16.8. The highest BCUT2D eigenvalue weighted by Crippen LogP contribution is 2.22. The Morgan fingerprint density at radius 2 is 1.79 bits per heavy atom. The second-order valence-electron chi connectivity index (χ2n) is 6.99. The number of piperazine rings is 1. The van der Waals surface area contributed by atoms with Gasteiger partial charge in [-0.15, -0.1) is 0 Å². The molecule has 2 heterocycles. The van der Waals surface area contributed by atoms with Crippen LogP contribution in [0.15, 0.2) is 48.7 Å². The van der Waals surface area contributed by atoms with Crippen molar-refractivity contribution in [3.05, 3.63) is 54.2 Å². The second kappa shape index (κ2) is 9.99. The number of hydrogen-bond donors (Lipinski definition) is 2. The zero-order chi connectivity index (χ0) is 20.6. The van der Waals surface area contributed by atoms with Crippen LogP contribution >= 0.6 is 0 Å². The van der Waals surface area contributed by atoms with E-state index in [1.54, 1.807) is 18.3 Å². The summed E-state index contributed by atoms with van der Waals surface area (Å²) in [5.74, 6) is -1.18. The molecule has 1 aromatic heterocycles. The first-order valence-corrected chi connectivity index (χ1v) is 9.64. The lowest BCUT2D eigenvalue weighted by Crippen LogP contribution is -2.49. The van der Waals surface area contributed by atoms with Crippen LogP contribution in [0.5, 0.6) is 5.88 Å². The molecular formula is C21H27N5O3. The molecule has 0 saturated carbocycles. The molecule has 2 aromatic rings. The Labute approximate surface area is 170 Å². The van der Waals surface area contributed by atoms with Gasteiger partial charge in [0.2, 0.25) is 5.88 Å². The van der Waals surface area contributed by atoms with Crippen molar-refractivity contribution in [1.29, 1.82) is 0 Å². The minimum Gasteiger partial charge on any atom is -0.480 e. The summed E-state index contributed by atoms with van der Waals surface area (Å²) in [6.07, 6.45) is 1.55. The van der Waals surface area contributed by atoms with E-state index in [4.69, 9.17) is 4.74 Å². The third-order valence-corrected chi connectivity index (χ3v) is 5.04. The van der Waals surface area contributed by atoms with Crippen molar-refractivity contribution < 1.29 is 14.3 Å². The standard InChI is InChI=1S/C21H27N5O3/c1-25-11-13-26(14-12-25)18(16-7-4-3-5-8-16)15-23-19(27)20(28)24-17-9-6-10-22-21(17)29-2/h3-10,18H,11-15H2,1-2H3,(H,23,27)(H,24,28)/t18-/m0/s1. The molecule has 1 fully saturated rings. The van der Waals surface area contributed by atoms with Crippen molar-refractivity contribution >= 4 is 17.5 Å². The Hall–Kier alpha value is -2.97. The number of benzene rings is 1. The van der Waals surface area contributed by atoms with Crippen LogP contribution in [-0.4, -0.2) is 73.5 Å². The predicted octanol–water partition coefficient (Wildman–Crippen LogP) is 1.13. The Balaban J connectivity index is 1.64. The SMILES string of the molecule is COc1ncccc1NC(=O)C(=O)NC[C@@H](c1ccccc1)N1CCN(C)CC1. The van der Waals surface area contributed by atoms with E-state index in [9.17, 15) is 9.59 Å². The summed E-state index contributed by atoms with van der Waals surface area (Å²) in [6, 6.07) is 13.4. The Morgan fingerprint density at radius 3 is 2.48 bits per heavy atom. The van der Waals surface area contributed by atoms with Gasteiger partial charge in [0.25, 0.3) is 0 Å². The molecule has 1 aromatic carbocycles. The van der Waals surface area contributed by atoms with E-state index >= 15 is 0 Å². The lowest BCUT2D eigenvalue weighted by molar-refractivity contribution is -0.136. The maximum Gasteiger partial charge on any atom is 0.313 e. The number of methoxy groups -OCH3 is 1. The van der Waals surface area contributed by atoms with Gasteiger partial charge in [0, 0.05) is 38.9 Å². The molecule has 0 spiro atoms. The average Bonchev–Trinajstić information content (AvgIpc) is 2.76. The fourth-order valence-electron chi connectivity index (χ4n) is 3.36. The predicted molar refractivity (Wildman–Crippen MR) is 111 cm³/mol. The summed E-state index contributed by atoms with van der Waals surface area (Å²) < 4.78 is 5.10. The van der Waals surface area contributed by atoms with E-state index in [0.29, 0.717) is 12.2 Å². The molecule has 8 nitrogen and oxygen atoms in total. The Bertz CT molecular complexity index is 822. The lowest BCUT2D eigenvalue weighted by atomic mass is 10.0. The molecular weight excluding hydrogens is 370 g/mol. The van der Waals surface area contributed by atoms with Crippen molar-refractivity contribution in [2.24, 2.45) is 0 Å². The third-order valence-electron chi connectivity index (χ3n) is 5.04. The first kappa shape index (κ1) is 20.8. The zero-order valence-electron chi connectivity index (χ0n) is 16.8. The number of amides is 2. The molecule has 1 atom stereocenters. The monoisotopic (exact) mass is 397 g/mol. The van der Waals surface area contributed by atoms with Crippen LogP contribution < -0.4 is 15.4 Å². The topological polar surface area (TPSA) is 86.8 Å². The number of pyridine rings is 1. The fraction of sp³-hybridized carbons (Fsp3) is 0.381. The molecule has 1 aliphatic heterocycles. The molecule has 1 aliphatic rings. The Kier molecular flexibility index (Phi) is 7.15. The molecule has 154 valence electrons. The highest BCUT2D eigenvalue weighted by atomic mass is 16.5. The van der Waals surface area contributed by atoms with Gasteiger partial charge >= 0.3 is 11.8 Å². The number of carbonyl (C=O) groups excluding carboxylic acids is 2. The van der Waals surface area contributed by atoms with E-state index in [1.165, 1.54) is 7.11 Å². The number of aromatic nitrogens is 1. The molecule has 1 saturated heterocycles. The number of anilines is 1. The number of likely N-dealkylation sites (N-methyl/N-ethyl adjacent to an activating group) is 1. The molecule has 2 N–H and O–H groups in total. The van der Waals surface area contributed by atoms with Crippen molar-refractivity contribution in [2.45, 2.75) is 6.04 Å². The lowest BCUT2D eigenvalue weighted by Gasteiger charge is -2.38. The van der Waals surface area contributed by atoms with Gasteiger partial charge < -0.3 is 20.3 Å². The van der Waals surface area contributed by atoms with E-state index in [1.807, 2.05) is 18.2 Å². The van der Waals surface area contributed by atoms with Crippen LogP contribution in [0, 0.1) is 0 Å². The number of rotatable bonds is 6. The van der Waals surface area contributed by atoms with Gasteiger partial charge in [0.1, 0.15) is 5.69 Å². The largest absolute Gasteiger partial charge is 0.480 e. The first-order valence-electron chi connectivity index (χ1n) is 9.64. The van der Waals surface area contributed by atoms with Crippen LogP contribution in [-0.2, 0) is 9.59 Å². The van der Waals surface area contributed by atoms with Gasteiger partial charge in [-0.2, -0.15) is 0 Å². The summed E-state index contributed by atoms with van der Waals surface area (Å²) in [6.45, 7) is 4.11. The van der Waals surface area contributed by atoms with E-state index in [2.05, 4.69) is 44.6 Å². The van der Waals surface area contributed by atoms with Gasteiger partial charge in [0.15, 0.2) is 0 Å². The van der Waals surface area contributed by atoms with Crippen LogP contribution in [0.4, 0.5) is 5.69 Å². The van der Waals surface area contributed by atoms with Gasteiger partial charge in [0.05, 0.1) is 13.2 Å². The molecule has 29 heavy (non-hydrogen) atoms. The molecule has 8 heteroatoms. The Morgan fingerprint density at radius 1 is 1.07 bits per heavy atom. The summed E-state index contributed by atoms with van der Waals surface area (Å²) in [5, 5.41) is 5.33. The van der Waals surface area contributed by atoms with Crippen LogP contribution in [0.25, 0.3) is 0 Å². The molecule has 2 amide bonds. The van der Waals surface area contributed by atoms with Crippen LogP contribution in [0.1, 0.15) is 11.6 Å². The number of ether oxygens (including phenoxy) is 1. The average molecular weight is 397 g/mol. The van der Waals surface area contributed by atoms with Crippen molar-refractivity contribution in [2.75, 3.05) is 52.2 Å². The van der Waals surface area contributed by atoms with Gasteiger partial charge in [-0.1, -0.05) is 30.3 Å². The second-order valence-corrected chi connectivity index (χ2v) is 6.99. The van der Waals surface area contributed by atoms with Crippen molar-refractivity contribution in [1.82, 2.24) is 20.1 Å². The molecule has 0 unspecified atom stereocenters. The van der Waals surface area contributed by atoms with Gasteiger partial charge in [-0.25, -0.2) is 4.98 Å². The first-order chi connectivity index (χ1) is 14.1. The normalized spacial score (nSPS) is 16.1.